The van der Waals surface area contributed by atoms with E-state index in [2.05, 4.69) is 5.10 Å². The zero-order valence-electron chi connectivity index (χ0n) is 18.2. The lowest BCUT2D eigenvalue weighted by Crippen LogP contribution is -1.98. The number of hydrogen-bond donors (Lipinski definition) is 0. The number of fused-ring (bicyclic) bond motifs is 1. The van der Waals surface area contributed by atoms with Gasteiger partial charge in [0.05, 0.1) is 39.8 Å². The highest BCUT2D eigenvalue weighted by Crippen LogP contribution is 2.41. The molecule has 7 heteroatoms. The zero-order valence-corrected chi connectivity index (χ0v) is 18.2. The monoisotopic (exact) mass is 420 g/mol. The highest BCUT2D eigenvalue weighted by molar-refractivity contribution is 6.15. The summed E-state index contributed by atoms with van der Waals surface area (Å²) in [6.07, 6.45) is 2.46. The van der Waals surface area contributed by atoms with Gasteiger partial charge in [0.25, 0.3) is 0 Å². The molecule has 160 valence electrons. The van der Waals surface area contributed by atoms with E-state index >= 15 is 0 Å². The van der Waals surface area contributed by atoms with Gasteiger partial charge < -0.3 is 18.9 Å². The lowest BCUT2D eigenvalue weighted by atomic mass is 10.1. The van der Waals surface area contributed by atoms with Crippen LogP contribution in [0.4, 0.5) is 0 Å². The van der Waals surface area contributed by atoms with Crippen molar-refractivity contribution in [3.05, 3.63) is 58.8 Å². The fourth-order valence-corrected chi connectivity index (χ4v) is 3.81. The summed E-state index contributed by atoms with van der Waals surface area (Å²) in [5.74, 6) is 2.42. The summed E-state index contributed by atoms with van der Waals surface area (Å²) in [5.41, 5.74) is 4.80. The van der Waals surface area contributed by atoms with Crippen molar-refractivity contribution < 1.29 is 23.7 Å². The van der Waals surface area contributed by atoms with Gasteiger partial charge in [-0.15, -0.1) is 0 Å². The molecule has 7 nitrogen and oxygen atoms in total. The average molecular weight is 420 g/mol. The van der Waals surface area contributed by atoms with Crippen molar-refractivity contribution in [2.75, 3.05) is 28.4 Å². The minimum absolute atomic E-state index is 0.0354. The lowest BCUT2D eigenvalue weighted by molar-refractivity contribution is 0.104. The molecule has 1 aliphatic carbocycles. The van der Waals surface area contributed by atoms with Gasteiger partial charge in [0.1, 0.15) is 5.75 Å². The Labute approximate surface area is 180 Å². The van der Waals surface area contributed by atoms with E-state index in [0.29, 0.717) is 23.7 Å². The topological polar surface area (TPSA) is 71.8 Å². The number of benzene rings is 2. The minimum Gasteiger partial charge on any atom is -0.497 e. The molecular formula is C24H24N2O5. The maximum atomic E-state index is 12.8. The van der Waals surface area contributed by atoms with Crippen molar-refractivity contribution >= 4 is 11.9 Å². The molecule has 3 aromatic rings. The zero-order chi connectivity index (χ0) is 22.1. The summed E-state index contributed by atoms with van der Waals surface area (Å²) < 4.78 is 23.3. The van der Waals surface area contributed by atoms with Crippen LogP contribution >= 0.6 is 0 Å². The molecule has 0 amide bonds. The highest BCUT2D eigenvalue weighted by atomic mass is 16.5. The van der Waals surface area contributed by atoms with Gasteiger partial charge >= 0.3 is 0 Å². The third-order valence-corrected chi connectivity index (χ3v) is 5.43. The van der Waals surface area contributed by atoms with Crippen LogP contribution in [0, 0.1) is 0 Å². The van der Waals surface area contributed by atoms with Crippen LogP contribution in [0.2, 0.25) is 0 Å². The second-order valence-electron chi connectivity index (χ2n) is 7.19. The number of allylic oxidation sites excluding steroid dienone is 1. The summed E-state index contributed by atoms with van der Waals surface area (Å²) >= 11 is 0. The van der Waals surface area contributed by atoms with Crippen LogP contribution in [0.15, 0.2) is 42.0 Å². The number of ether oxygens (including phenoxy) is 4. The van der Waals surface area contributed by atoms with Crippen LogP contribution in [0.25, 0.3) is 17.3 Å². The Morgan fingerprint density at radius 1 is 0.935 bits per heavy atom. The van der Waals surface area contributed by atoms with Gasteiger partial charge in [0.2, 0.25) is 5.75 Å². The molecule has 0 aliphatic heterocycles. The van der Waals surface area contributed by atoms with Crippen LogP contribution in [0.3, 0.4) is 0 Å². The SMILES string of the molecule is COc1ccc2c(c1)C/C(=C\c1cc(-c3cc(OC)c(OC)c(OC)c3)nn1C)C2=O. The number of nitrogens with zero attached hydrogens (tertiary/aromatic N) is 2. The van der Waals surface area contributed by atoms with E-state index in [1.54, 1.807) is 33.1 Å². The first kappa shape index (κ1) is 20.5. The van der Waals surface area contributed by atoms with E-state index in [9.17, 15) is 4.79 Å². The van der Waals surface area contributed by atoms with Crippen LogP contribution in [0.5, 0.6) is 23.0 Å². The van der Waals surface area contributed by atoms with Crippen molar-refractivity contribution in [2.24, 2.45) is 7.05 Å². The molecule has 2 aromatic carbocycles. The molecule has 1 heterocycles. The second-order valence-corrected chi connectivity index (χ2v) is 7.19. The molecular weight excluding hydrogens is 396 g/mol. The Hall–Kier alpha value is -3.74. The number of carbonyl (C=O) groups excluding carboxylic acids is 1. The van der Waals surface area contributed by atoms with Crippen LogP contribution in [0.1, 0.15) is 21.6 Å². The smallest absolute Gasteiger partial charge is 0.203 e. The van der Waals surface area contributed by atoms with Crippen molar-refractivity contribution in [2.45, 2.75) is 6.42 Å². The average Bonchev–Trinajstić information content (AvgIpc) is 3.31. The Morgan fingerprint density at radius 2 is 1.65 bits per heavy atom. The van der Waals surface area contributed by atoms with Crippen molar-refractivity contribution in [1.29, 1.82) is 0 Å². The third kappa shape index (κ3) is 3.63. The van der Waals surface area contributed by atoms with Gasteiger partial charge in [0.15, 0.2) is 17.3 Å². The van der Waals surface area contributed by atoms with Gasteiger partial charge in [-0.25, -0.2) is 0 Å². The summed E-state index contributed by atoms with van der Waals surface area (Å²) in [6, 6.07) is 11.2. The second kappa shape index (κ2) is 8.18. The van der Waals surface area contributed by atoms with E-state index in [1.165, 1.54) is 0 Å². The predicted molar refractivity (Wildman–Crippen MR) is 117 cm³/mol. The van der Waals surface area contributed by atoms with Crippen molar-refractivity contribution in [1.82, 2.24) is 9.78 Å². The molecule has 4 rings (SSSR count). The molecule has 1 aromatic heterocycles. The Bertz CT molecular complexity index is 1170. The fraction of sp³-hybridized carbons (Fsp3) is 0.250. The molecule has 0 fully saturated rings. The first-order valence-corrected chi connectivity index (χ1v) is 9.75. The maximum Gasteiger partial charge on any atom is 0.203 e. The Balaban J connectivity index is 1.70. The molecule has 0 N–H and O–H groups in total. The molecule has 0 bridgehead atoms. The molecule has 0 unspecified atom stereocenters. The lowest BCUT2D eigenvalue weighted by Gasteiger charge is -2.13. The highest BCUT2D eigenvalue weighted by Gasteiger charge is 2.25. The number of aryl methyl sites for hydroxylation is 1. The standard InChI is InChI=1S/C24H24N2O5/c1-26-17(9-16-8-14-10-18(28-2)6-7-19(14)23(16)27)13-20(25-26)15-11-21(29-3)24(31-5)22(12-15)30-4/h6-7,9-13H,8H2,1-5H3/b16-9+. The van der Waals surface area contributed by atoms with Gasteiger partial charge in [-0.3, -0.25) is 9.48 Å². The molecule has 31 heavy (non-hydrogen) atoms. The largest absolute Gasteiger partial charge is 0.497 e. The van der Waals surface area contributed by atoms with Crippen molar-refractivity contribution in [3.63, 3.8) is 0 Å². The van der Waals surface area contributed by atoms with Crippen molar-refractivity contribution in [3.8, 4) is 34.3 Å². The number of aromatic nitrogens is 2. The summed E-state index contributed by atoms with van der Waals surface area (Å²) in [5, 5.41) is 4.62. The molecule has 0 radical (unpaired) electrons. The number of Topliss-reactive ketones (excluding diaryl/α,β-unsaturated/α-hetero) is 1. The molecule has 1 aliphatic rings. The number of ketones is 1. The quantitative estimate of drug-likeness (QED) is 0.563. The first-order valence-electron chi connectivity index (χ1n) is 9.75. The molecule has 0 saturated heterocycles. The fourth-order valence-electron chi connectivity index (χ4n) is 3.81. The minimum atomic E-state index is 0.0354. The van der Waals surface area contributed by atoms with Crippen LogP contribution in [-0.4, -0.2) is 44.0 Å². The Kier molecular flexibility index (Phi) is 5.42. The predicted octanol–water partition coefficient (Wildman–Crippen LogP) is 3.94. The third-order valence-electron chi connectivity index (χ3n) is 5.43. The Morgan fingerprint density at radius 3 is 2.26 bits per heavy atom. The molecule has 0 spiro atoms. The number of carbonyl (C=O) groups is 1. The summed E-state index contributed by atoms with van der Waals surface area (Å²) in [6.45, 7) is 0. The number of rotatable bonds is 6. The van der Waals surface area contributed by atoms with Gasteiger partial charge in [-0.05, 0) is 48.0 Å². The number of methoxy groups -OCH3 is 4. The molecule has 0 atom stereocenters. The van der Waals surface area contributed by atoms with Crippen LogP contribution in [-0.2, 0) is 13.5 Å². The van der Waals surface area contributed by atoms with Gasteiger partial charge in [0, 0.05) is 30.2 Å². The van der Waals surface area contributed by atoms with E-state index in [4.69, 9.17) is 18.9 Å². The summed E-state index contributed by atoms with van der Waals surface area (Å²) in [7, 11) is 8.19. The van der Waals surface area contributed by atoms with Crippen LogP contribution < -0.4 is 18.9 Å². The molecule has 0 saturated carbocycles. The van der Waals surface area contributed by atoms with Gasteiger partial charge in [-0.2, -0.15) is 5.10 Å². The maximum absolute atomic E-state index is 12.8. The van der Waals surface area contributed by atoms with Gasteiger partial charge in [-0.1, -0.05) is 0 Å². The first-order chi connectivity index (χ1) is 15.0. The summed E-state index contributed by atoms with van der Waals surface area (Å²) in [4.78, 5) is 12.8. The van der Waals surface area contributed by atoms with E-state index in [1.807, 2.05) is 49.5 Å². The normalized spacial score (nSPS) is 14.0. The van der Waals surface area contributed by atoms with E-state index in [-0.39, 0.29) is 5.78 Å². The number of hydrogen-bond acceptors (Lipinski definition) is 6. The van der Waals surface area contributed by atoms with E-state index in [0.717, 1.165) is 39.4 Å². The van der Waals surface area contributed by atoms with E-state index < -0.39 is 0 Å².